The highest BCUT2D eigenvalue weighted by molar-refractivity contribution is 5.37. The number of nitrogens with one attached hydrogen (secondary N) is 1. The van der Waals surface area contributed by atoms with Gasteiger partial charge in [-0.2, -0.15) is 0 Å². The molecule has 16 heavy (non-hydrogen) atoms. The van der Waals surface area contributed by atoms with E-state index < -0.39 is 0 Å². The maximum atomic E-state index is 9.60. The molecule has 0 amide bonds. The van der Waals surface area contributed by atoms with Crippen molar-refractivity contribution in [2.24, 2.45) is 0 Å². The number of carbonyl (C=O) groups excluding carboxylic acids is 1. The van der Waals surface area contributed by atoms with Gasteiger partial charge in [-0.1, -0.05) is 24.3 Å². The van der Waals surface area contributed by atoms with Gasteiger partial charge < -0.3 is 10.1 Å². The molecular weight excluding hydrogens is 202 g/mol. The summed E-state index contributed by atoms with van der Waals surface area (Å²) >= 11 is 0. The van der Waals surface area contributed by atoms with Crippen molar-refractivity contribution in [2.45, 2.75) is 39.5 Å². The Hall–Kier alpha value is -1.35. The summed E-state index contributed by atoms with van der Waals surface area (Å²) in [6.45, 7) is 8.02. The van der Waals surface area contributed by atoms with Crippen LogP contribution in [0.3, 0.4) is 0 Å². The van der Waals surface area contributed by atoms with Crippen molar-refractivity contribution < 1.29 is 9.53 Å². The lowest BCUT2D eigenvalue weighted by Crippen LogP contribution is -2.17. The minimum absolute atomic E-state index is 0.318. The third-order valence-electron chi connectivity index (χ3n) is 2.15. The van der Waals surface area contributed by atoms with E-state index in [0.717, 1.165) is 13.1 Å². The van der Waals surface area contributed by atoms with Gasteiger partial charge in [0.15, 0.2) is 0 Å². The molecule has 1 heterocycles. The summed E-state index contributed by atoms with van der Waals surface area (Å²) in [7, 11) is 0. The van der Waals surface area contributed by atoms with Crippen LogP contribution < -0.4 is 5.32 Å². The summed E-state index contributed by atoms with van der Waals surface area (Å²) in [5.41, 5.74) is 2.59. The van der Waals surface area contributed by atoms with Crippen LogP contribution >= 0.6 is 0 Å². The molecule has 0 atom stereocenters. The van der Waals surface area contributed by atoms with E-state index in [4.69, 9.17) is 0 Å². The fourth-order valence-electron chi connectivity index (χ4n) is 1.38. The minimum Gasteiger partial charge on any atom is -0.462 e. The summed E-state index contributed by atoms with van der Waals surface area (Å²) in [6.07, 6.45) is 0. The van der Waals surface area contributed by atoms with Gasteiger partial charge in [0.05, 0.1) is 0 Å². The molecule has 1 aromatic rings. The van der Waals surface area contributed by atoms with Gasteiger partial charge in [0.1, 0.15) is 5.60 Å². The zero-order chi connectivity index (χ0) is 12.0. The second-order valence-electron chi connectivity index (χ2n) is 4.70. The van der Waals surface area contributed by atoms with Crippen LogP contribution in [0.25, 0.3) is 0 Å². The third kappa shape index (κ3) is 4.45. The molecule has 0 fully saturated rings. The minimum atomic E-state index is -0.318. The monoisotopic (exact) mass is 221 g/mol. The molecule has 0 spiro atoms. The number of carbonyl (C=O) groups is 1. The van der Waals surface area contributed by atoms with E-state index >= 15 is 0 Å². The molecular formula is C13H19NO2. The number of hydrogen-bond donors (Lipinski definition) is 1. The number of hydrogen-bond acceptors (Lipinski definition) is 3. The topological polar surface area (TPSA) is 38.3 Å². The van der Waals surface area contributed by atoms with Crippen molar-refractivity contribution in [3.05, 3.63) is 35.4 Å². The van der Waals surface area contributed by atoms with E-state index in [2.05, 4.69) is 34.3 Å². The smallest absolute Gasteiger partial charge is 0.293 e. The molecule has 0 saturated carbocycles. The second kappa shape index (κ2) is 5.66. The predicted octanol–water partition coefficient (Wildman–Crippen LogP) is 2.25. The highest BCUT2D eigenvalue weighted by atomic mass is 16.5. The van der Waals surface area contributed by atoms with Crippen molar-refractivity contribution in [3.8, 4) is 0 Å². The van der Waals surface area contributed by atoms with E-state index in [1.54, 1.807) is 0 Å². The molecule has 0 aliphatic carbocycles. The van der Waals surface area contributed by atoms with Gasteiger partial charge in [-0.25, -0.2) is 0 Å². The standard InChI is InChI=1S/C8H9N.C5H10O2/c1-2-4-8-6-9-5-7(8)3-1;1-5(2,3)7-4-6/h1-4,9H,5-6H2;4H,1-3H3. The molecule has 88 valence electrons. The summed E-state index contributed by atoms with van der Waals surface area (Å²) in [6, 6.07) is 8.53. The maximum Gasteiger partial charge on any atom is 0.293 e. The van der Waals surface area contributed by atoms with Crippen LogP contribution in [0, 0.1) is 0 Å². The predicted molar refractivity (Wildman–Crippen MR) is 63.9 cm³/mol. The van der Waals surface area contributed by atoms with Crippen molar-refractivity contribution in [1.82, 2.24) is 5.32 Å². The zero-order valence-electron chi connectivity index (χ0n) is 10.1. The first-order valence-corrected chi connectivity index (χ1v) is 5.42. The van der Waals surface area contributed by atoms with E-state index in [9.17, 15) is 4.79 Å². The molecule has 0 radical (unpaired) electrons. The first-order valence-electron chi connectivity index (χ1n) is 5.42. The first-order chi connectivity index (χ1) is 7.53. The molecule has 1 aliphatic rings. The molecule has 0 aromatic heterocycles. The molecule has 1 N–H and O–H groups in total. The normalized spacial score (nSPS) is 13.4. The molecule has 2 rings (SSSR count). The summed E-state index contributed by atoms with van der Waals surface area (Å²) in [4.78, 5) is 9.60. The number of rotatable bonds is 1. The molecule has 0 saturated heterocycles. The lowest BCUT2D eigenvalue weighted by Gasteiger charge is -2.14. The van der Waals surface area contributed by atoms with E-state index in [1.165, 1.54) is 11.1 Å². The summed E-state index contributed by atoms with van der Waals surface area (Å²) < 4.78 is 4.55. The first kappa shape index (κ1) is 12.7. The van der Waals surface area contributed by atoms with Gasteiger partial charge in [-0.15, -0.1) is 0 Å². The largest absolute Gasteiger partial charge is 0.462 e. The van der Waals surface area contributed by atoms with Crippen molar-refractivity contribution in [1.29, 1.82) is 0 Å². The summed E-state index contributed by atoms with van der Waals surface area (Å²) in [5.74, 6) is 0. The van der Waals surface area contributed by atoms with Crippen LogP contribution in [0.2, 0.25) is 0 Å². The molecule has 1 aliphatic heterocycles. The molecule has 1 aromatic carbocycles. The van der Waals surface area contributed by atoms with Crippen LogP contribution in [0.15, 0.2) is 24.3 Å². The Balaban J connectivity index is 0.000000168. The van der Waals surface area contributed by atoms with Gasteiger partial charge >= 0.3 is 0 Å². The average molecular weight is 221 g/mol. The fourth-order valence-corrected chi connectivity index (χ4v) is 1.38. The Morgan fingerprint density at radius 3 is 2.00 bits per heavy atom. The highest BCUT2D eigenvalue weighted by Crippen LogP contribution is 2.12. The number of fused-ring (bicyclic) bond motifs is 1. The van der Waals surface area contributed by atoms with Gasteiger partial charge in [-0.05, 0) is 31.9 Å². The van der Waals surface area contributed by atoms with Crippen LogP contribution in [0.5, 0.6) is 0 Å². The van der Waals surface area contributed by atoms with Crippen molar-refractivity contribution in [3.63, 3.8) is 0 Å². The Morgan fingerprint density at radius 2 is 1.69 bits per heavy atom. The fraction of sp³-hybridized carbons (Fsp3) is 0.462. The number of benzene rings is 1. The summed E-state index contributed by atoms with van der Waals surface area (Å²) in [5, 5.41) is 3.29. The Labute approximate surface area is 96.8 Å². The van der Waals surface area contributed by atoms with Gasteiger partial charge in [0.25, 0.3) is 6.47 Å². The van der Waals surface area contributed by atoms with Gasteiger partial charge in [-0.3, -0.25) is 4.79 Å². The average Bonchev–Trinajstić information content (AvgIpc) is 2.64. The lowest BCUT2D eigenvalue weighted by atomic mass is 10.1. The zero-order valence-corrected chi connectivity index (χ0v) is 10.1. The van der Waals surface area contributed by atoms with Gasteiger partial charge in [0.2, 0.25) is 0 Å². The second-order valence-corrected chi connectivity index (χ2v) is 4.70. The Kier molecular flexibility index (Phi) is 4.50. The molecule has 3 heteroatoms. The molecule has 0 bridgehead atoms. The van der Waals surface area contributed by atoms with Crippen LogP contribution in [-0.4, -0.2) is 12.1 Å². The SMILES string of the molecule is CC(C)(C)OC=O.c1ccc2c(c1)CNC2. The van der Waals surface area contributed by atoms with E-state index in [-0.39, 0.29) is 5.60 Å². The van der Waals surface area contributed by atoms with Gasteiger partial charge in [0, 0.05) is 13.1 Å². The maximum absolute atomic E-state index is 9.60. The van der Waals surface area contributed by atoms with Crippen molar-refractivity contribution in [2.75, 3.05) is 0 Å². The molecule has 0 unspecified atom stereocenters. The van der Waals surface area contributed by atoms with E-state index in [1.807, 2.05) is 20.8 Å². The third-order valence-corrected chi connectivity index (χ3v) is 2.15. The lowest BCUT2D eigenvalue weighted by molar-refractivity contribution is -0.138. The quantitative estimate of drug-likeness (QED) is 0.739. The Morgan fingerprint density at radius 1 is 1.19 bits per heavy atom. The van der Waals surface area contributed by atoms with Crippen LogP contribution in [0.1, 0.15) is 31.9 Å². The van der Waals surface area contributed by atoms with Crippen LogP contribution in [-0.2, 0) is 22.6 Å². The van der Waals surface area contributed by atoms with Crippen molar-refractivity contribution >= 4 is 6.47 Å². The number of ether oxygens (including phenoxy) is 1. The van der Waals surface area contributed by atoms with E-state index in [0.29, 0.717) is 6.47 Å². The highest BCUT2D eigenvalue weighted by Gasteiger charge is 2.07. The van der Waals surface area contributed by atoms with Crippen LogP contribution in [0.4, 0.5) is 0 Å². The Bertz CT molecular complexity index is 319. The molecule has 3 nitrogen and oxygen atoms in total.